The minimum absolute atomic E-state index is 0.103. The van der Waals surface area contributed by atoms with Gasteiger partial charge in [0.2, 0.25) is 5.91 Å². The lowest BCUT2D eigenvalue weighted by molar-refractivity contribution is -0.126. The first-order chi connectivity index (χ1) is 5.67. The highest BCUT2D eigenvalue weighted by molar-refractivity contribution is 5.87. The van der Waals surface area contributed by atoms with Crippen LogP contribution >= 0.6 is 0 Å². The standard InChI is InChI=1S/C10H19NO/c1-5-8-10(12)11(4)9(6-2)7-3/h5,8-9H,6-7H2,1-4H3. The lowest BCUT2D eigenvalue weighted by atomic mass is 10.1. The number of amides is 1. The Labute approximate surface area is 75.3 Å². The van der Waals surface area contributed by atoms with Crippen LogP contribution in [0.25, 0.3) is 0 Å². The summed E-state index contributed by atoms with van der Waals surface area (Å²) in [5.41, 5.74) is 0. The molecule has 0 aromatic heterocycles. The van der Waals surface area contributed by atoms with Crippen LogP contribution in [0.2, 0.25) is 0 Å². The van der Waals surface area contributed by atoms with E-state index in [2.05, 4.69) is 13.8 Å². The van der Waals surface area contributed by atoms with Crippen LogP contribution in [-0.2, 0) is 4.79 Å². The Balaban J connectivity index is 4.15. The fourth-order valence-corrected chi connectivity index (χ4v) is 1.28. The highest BCUT2D eigenvalue weighted by Crippen LogP contribution is 2.06. The smallest absolute Gasteiger partial charge is 0.246 e. The van der Waals surface area contributed by atoms with E-state index < -0.39 is 0 Å². The molecular formula is C10H19NO. The SMILES string of the molecule is CC=CC(=O)N(C)C(CC)CC. The van der Waals surface area contributed by atoms with Crippen molar-refractivity contribution in [3.8, 4) is 0 Å². The molecule has 0 saturated carbocycles. The van der Waals surface area contributed by atoms with Gasteiger partial charge in [-0.2, -0.15) is 0 Å². The minimum Gasteiger partial charge on any atom is -0.339 e. The van der Waals surface area contributed by atoms with E-state index in [0.29, 0.717) is 6.04 Å². The van der Waals surface area contributed by atoms with Crippen molar-refractivity contribution in [2.24, 2.45) is 0 Å². The minimum atomic E-state index is 0.103. The highest BCUT2D eigenvalue weighted by Gasteiger charge is 2.13. The van der Waals surface area contributed by atoms with Crippen molar-refractivity contribution in [1.29, 1.82) is 0 Å². The number of likely N-dealkylation sites (N-methyl/N-ethyl adjacent to an activating group) is 1. The van der Waals surface area contributed by atoms with Gasteiger partial charge >= 0.3 is 0 Å². The quantitative estimate of drug-likeness (QED) is 0.591. The van der Waals surface area contributed by atoms with Gasteiger partial charge in [0.1, 0.15) is 0 Å². The molecular weight excluding hydrogens is 150 g/mol. The summed E-state index contributed by atoms with van der Waals surface area (Å²) in [6, 6.07) is 0.383. The number of rotatable bonds is 4. The van der Waals surface area contributed by atoms with Crippen molar-refractivity contribution >= 4 is 5.91 Å². The molecule has 0 aliphatic rings. The molecule has 0 rings (SSSR count). The summed E-state index contributed by atoms with van der Waals surface area (Å²) in [6.45, 7) is 6.07. The largest absolute Gasteiger partial charge is 0.339 e. The maximum absolute atomic E-state index is 11.3. The van der Waals surface area contributed by atoms with E-state index in [0.717, 1.165) is 12.8 Å². The molecule has 0 N–H and O–H groups in total. The summed E-state index contributed by atoms with van der Waals surface area (Å²) in [7, 11) is 1.86. The Bertz CT molecular complexity index is 159. The van der Waals surface area contributed by atoms with E-state index in [4.69, 9.17) is 0 Å². The maximum Gasteiger partial charge on any atom is 0.246 e. The molecule has 0 aliphatic carbocycles. The van der Waals surface area contributed by atoms with Crippen molar-refractivity contribution in [2.75, 3.05) is 7.05 Å². The first-order valence-corrected chi connectivity index (χ1v) is 4.56. The van der Waals surface area contributed by atoms with Crippen LogP contribution in [0.3, 0.4) is 0 Å². The van der Waals surface area contributed by atoms with Gasteiger partial charge in [-0.05, 0) is 25.8 Å². The van der Waals surface area contributed by atoms with Crippen molar-refractivity contribution in [1.82, 2.24) is 4.90 Å². The summed E-state index contributed by atoms with van der Waals surface area (Å²) in [5, 5.41) is 0. The second kappa shape index (κ2) is 5.81. The Morgan fingerprint density at radius 3 is 2.25 bits per heavy atom. The van der Waals surface area contributed by atoms with Gasteiger partial charge < -0.3 is 4.90 Å². The molecule has 0 bridgehead atoms. The predicted molar refractivity (Wildman–Crippen MR) is 52.0 cm³/mol. The number of allylic oxidation sites excluding steroid dienone is 1. The van der Waals surface area contributed by atoms with Gasteiger partial charge in [0.25, 0.3) is 0 Å². The summed E-state index contributed by atoms with van der Waals surface area (Å²) < 4.78 is 0. The average molecular weight is 169 g/mol. The lowest BCUT2D eigenvalue weighted by Crippen LogP contribution is -2.34. The second-order valence-corrected chi connectivity index (χ2v) is 2.92. The van der Waals surface area contributed by atoms with Crippen molar-refractivity contribution in [3.05, 3.63) is 12.2 Å². The Morgan fingerprint density at radius 1 is 1.42 bits per heavy atom. The molecule has 0 atom stereocenters. The van der Waals surface area contributed by atoms with Crippen LogP contribution in [0.4, 0.5) is 0 Å². The van der Waals surface area contributed by atoms with Gasteiger partial charge in [0.05, 0.1) is 0 Å². The van der Waals surface area contributed by atoms with E-state index in [9.17, 15) is 4.79 Å². The van der Waals surface area contributed by atoms with Crippen LogP contribution in [0.15, 0.2) is 12.2 Å². The average Bonchev–Trinajstić information content (AvgIpc) is 2.07. The van der Waals surface area contributed by atoms with E-state index in [1.807, 2.05) is 14.0 Å². The summed E-state index contributed by atoms with van der Waals surface area (Å²) >= 11 is 0. The first kappa shape index (κ1) is 11.2. The molecule has 0 heterocycles. The molecule has 0 unspecified atom stereocenters. The van der Waals surface area contributed by atoms with Gasteiger partial charge in [-0.25, -0.2) is 0 Å². The molecule has 12 heavy (non-hydrogen) atoms. The summed E-state index contributed by atoms with van der Waals surface area (Å²) in [6.07, 6.45) is 5.44. The topological polar surface area (TPSA) is 20.3 Å². The fourth-order valence-electron chi connectivity index (χ4n) is 1.28. The number of nitrogens with zero attached hydrogens (tertiary/aromatic N) is 1. The molecule has 1 amide bonds. The zero-order valence-electron chi connectivity index (χ0n) is 8.50. The van der Waals surface area contributed by atoms with Gasteiger partial charge in [0, 0.05) is 13.1 Å². The lowest BCUT2D eigenvalue weighted by Gasteiger charge is -2.24. The van der Waals surface area contributed by atoms with Crippen LogP contribution in [0.1, 0.15) is 33.6 Å². The molecule has 0 aromatic rings. The highest BCUT2D eigenvalue weighted by atomic mass is 16.2. The fraction of sp³-hybridized carbons (Fsp3) is 0.700. The molecule has 0 aromatic carbocycles. The Kier molecular flexibility index (Phi) is 5.43. The normalized spacial score (nSPS) is 11.1. The molecule has 2 heteroatoms. The molecule has 0 fully saturated rings. The summed E-state index contributed by atoms with van der Waals surface area (Å²) in [5.74, 6) is 0.103. The zero-order valence-corrected chi connectivity index (χ0v) is 8.50. The molecule has 70 valence electrons. The zero-order chi connectivity index (χ0) is 9.56. The Morgan fingerprint density at radius 2 is 1.92 bits per heavy atom. The monoisotopic (exact) mass is 169 g/mol. The third-order valence-electron chi connectivity index (χ3n) is 2.15. The van der Waals surface area contributed by atoms with E-state index in [1.54, 1.807) is 17.1 Å². The molecule has 0 saturated heterocycles. The van der Waals surface area contributed by atoms with Gasteiger partial charge in [-0.3, -0.25) is 4.79 Å². The summed E-state index contributed by atoms with van der Waals surface area (Å²) in [4.78, 5) is 13.1. The molecule has 0 spiro atoms. The van der Waals surface area contributed by atoms with Crippen LogP contribution < -0.4 is 0 Å². The van der Waals surface area contributed by atoms with Crippen LogP contribution in [0.5, 0.6) is 0 Å². The Hall–Kier alpha value is -0.790. The number of carbonyl (C=O) groups is 1. The first-order valence-electron chi connectivity index (χ1n) is 4.56. The number of hydrogen-bond acceptors (Lipinski definition) is 1. The van der Waals surface area contributed by atoms with Crippen LogP contribution in [0, 0.1) is 0 Å². The predicted octanol–water partition coefficient (Wildman–Crippen LogP) is 2.21. The van der Waals surface area contributed by atoms with E-state index in [-0.39, 0.29) is 5.91 Å². The molecule has 2 nitrogen and oxygen atoms in total. The third kappa shape index (κ3) is 3.07. The van der Waals surface area contributed by atoms with Gasteiger partial charge in [-0.15, -0.1) is 0 Å². The van der Waals surface area contributed by atoms with Crippen molar-refractivity contribution in [2.45, 2.75) is 39.7 Å². The van der Waals surface area contributed by atoms with E-state index >= 15 is 0 Å². The van der Waals surface area contributed by atoms with Gasteiger partial charge in [0.15, 0.2) is 0 Å². The molecule has 0 aliphatic heterocycles. The number of hydrogen-bond donors (Lipinski definition) is 0. The number of carbonyl (C=O) groups excluding carboxylic acids is 1. The van der Waals surface area contributed by atoms with Crippen molar-refractivity contribution in [3.63, 3.8) is 0 Å². The van der Waals surface area contributed by atoms with E-state index in [1.165, 1.54) is 0 Å². The molecule has 0 radical (unpaired) electrons. The second-order valence-electron chi connectivity index (χ2n) is 2.92. The van der Waals surface area contributed by atoms with Crippen LogP contribution in [-0.4, -0.2) is 23.9 Å². The third-order valence-corrected chi connectivity index (χ3v) is 2.15. The van der Waals surface area contributed by atoms with Gasteiger partial charge in [-0.1, -0.05) is 19.9 Å². The maximum atomic E-state index is 11.3. The van der Waals surface area contributed by atoms with Crippen molar-refractivity contribution < 1.29 is 4.79 Å².